The maximum Gasteiger partial charge on any atom is 0.465 e. The normalized spacial score (nSPS) is 7.80. The zero-order valence-corrected chi connectivity index (χ0v) is 2.76. The van der Waals surface area contributed by atoms with Crippen molar-refractivity contribution in [3.05, 3.63) is 0 Å². The van der Waals surface area contributed by atoms with Crippen LogP contribution >= 0.6 is 0 Å². The van der Waals surface area contributed by atoms with E-state index in [1.807, 2.05) is 0 Å². The minimum absolute atomic E-state index is 0.0833. The lowest BCUT2D eigenvalue weighted by Crippen LogP contribution is -2.23. The Labute approximate surface area is 30.6 Å². The van der Waals surface area contributed by atoms with E-state index in [1.54, 1.807) is 0 Å². The number of hydrogen-bond acceptors (Lipinski definition) is 3. The van der Waals surface area contributed by atoms with Gasteiger partial charge in [-0.15, -0.1) is 0 Å². The van der Waals surface area contributed by atoms with E-state index < -0.39 is 7.12 Å². The molecule has 0 aromatic heterocycles. The van der Waals surface area contributed by atoms with Crippen LogP contribution in [0.3, 0.4) is 0 Å². The highest BCUT2D eigenvalue weighted by atomic mass is 16.4. The zero-order valence-electron chi connectivity index (χ0n) is 2.76. The number of hydrogen-bond donors (Lipinski definition) is 3. The summed E-state index contributed by atoms with van der Waals surface area (Å²) in [4.78, 5) is 0. The zero-order chi connectivity index (χ0) is 4.28. The van der Waals surface area contributed by atoms with Gasteiger partial charge >= 0.3 is 7.12 Å². The highest BCUT2D eigenvalue weighted by Crippen LogP contribution is 1.50. The van der Waals surface area contributed by atoms with Crippen LogP contribution in [0.4, 0.5) is 0 Å². The molecule has 0 aromatic rings. The van der Waals surface area contributed by atoms with Gasteiger partial charge in [0.25, 0.3) is 0 Å². The van der Waals surface area contributed by atoms with Crippen LogP contribution < -0.4 is 5.73 Å². The van der Waals surface area contributed by atoms with E-state index in [9.17, 15) is 0 Å². The molecule has 30 valence electrons. The third kappa shape index (κ3) is 3.94. The maximum absolute atomic E-state index is 7.79. The Morgan fingerprint density at radius 3 is 1.80 bits per heavy atom. The summed E-state index contributed by atoms with van der Waals surface area (Å²) in [5.74, 6) is 0. The van der Waals surface area contributed by atoms with Gasteiger partial charge in [0.2, 0.25) is 0 Å². The monoisotopic (exact) mass is 75.0 g/mol. The first-order chi connectivity index (χ1) is 2.27. The van der Waals surface area contributed by atoms with Gasteiger partial charge in [-0.05, 0) is 0 Å². The first-order valence-electron chi connectivity index (χ1n) is 1.33. The molecule has 0 aliphatic heterocycles. The van der Waals surface area contributed by atoms with Crippen molar-refractivity contribution in [1.82, 2.24) is 0 Å². The van der Waals surface area contributed by atoms with Crippen molar-refractivity contribution >= 4 is 7.12 Å². The molecule has 0 fully saturated rings. The second kappa shape index (κ2) is 2.20. The topological polar surface area (TPSA) is 66.5 Å². The van der Waals surface area contributed by atoms with Crippen LogP contribution in [0.25, 0.3) is 0 Å². The van der Waals surface area contributed by atoms with Crippen molar-refractivity contribution in [2.75, 3.05) is 6.44 Å². The number of rotatable bonds is 1. The quantitative estimate of drug-likeness (QED) is 0.314. The van der Waals surface area contributed by atoms with E-state index in [1.165, 1.54) is 0 Å². The molecule has 0 saturated heterocycles. The SMILES string of the molecule is NCB(O)O. The fourth-order valence-corrected chi connectivity index (χ4v) is 0. The van der Waals surface area contributed by atoms with E-state index in [2.05, 4.69) is 5.73 Å². The summed E-state index contributed by atoms with van der Waals surface area (Å²) in [5, 5.41) is 15.6. The highest BCUT2D eigenvalue weighted by Gasteiger charge is 1.97. The summed E-state index contributed by atoms with van der Waals surface area (Å²) in [6.07, 6.45) is -0.0833. The van der Waals surface area contributed by atoms with E-state index in [0.717, 1.165) is 0 Å². The van der Waals surface area contributed by atoms with Crippen LogP contribution in [0.15, 0.2) is 0 Å². The summed E-state index contributed by atoms with van der Waals surface area (Å²) in [6, 6.07) is 0. The summed E-state index contributed by atoms with van der Waals surface area (Å²) in [5.41, 5.74) is 4.67. The van der Waals surface area contributed by atoms with Crippen molar-refractivity contribution in [3.63, 3.8) is 0 Å². The Hall–Kier alpha value is -0.0551. The van der Waals surface area contributed by atoms with Crippen LogP contribution in [-0.4, -0.2) is 23.6 Å². The first kappa shape index (κ1) is 4.94. The third-order valence-electron chi connectivity index (χ3n) is 0.211. The van der Waals surface area contributed by atoms with Gasteiger partial charge in [0.1, 0.15) is 0 Å². The molecule has 0 unspecified atom stereocenters. The van der Waals surface area contributed by atoms with Crippen molar-refractivity contribution in [2.45, 2.75) is 0 Å². The van der Waals surface area contributed by atoms with Crippen molar-refractivity contribution in [1.29, 1.82) is 0 Å². The van der Waals surface area contributed by atoms with Gasteiger partial charge in [-0.1, -0.05) is 0 Å². The molecule has 0 rings (SSSR count). The first-order valence-corrected chi connectivity index (χ1v) is 1.33. The molecule has 0 heterocycles. The summed E-state index contributed by atoms with van der Waals surface area (Å²) >= 11 is 0. The average molecular weight is 74.9 g/mol. The van der Waals surface area contributed by atoms with Crippen molar-refractivity contribution < 1.29 is 10.0 Å². The van der Waals surface area contributed by atoms with Gasteiger partial charge in [0, 0.05) is 6.44 Å². The smallest absolute Gasteiger partial charge is 0.426 e. The van der Waals surface area contributed by atoms with Crippen LogP contribution in [0.5, 0.6) is 0 Å². The van der Waals surface area contributed by atoms with E-state index >= 15 is 0 Å². The Balaban J connectivity index is 2.54. The molecule has 0 aliphatic rings. The van der Waals surface area contributed by atoms with Crippen LogP contribution in [0, 0.1) is 0 Å². The maximum atomic E-state index is 7.79. The van der Waals surface area contributed by atoms with Gasteiger partial charge < -0.3 is 15.8 Å². The second-order valence-electron chi connectivity index (χ2n) is 0.716. The lowest BCUT2D eigenvalue weighted by Gasteiger charge is -1.82. The molecule has 0 saturated carbocycles. The predicted molar refractivity (Wildman–Crippen MR) is 19.2 cm³/mol. The molecular formula is CH6BNO2. The predicted octanol–water partition coefficient (Wildman–Crippen LogP) is -2.04. The van der Waals surface area contributed by atoms with Gasteiger partial charge in [-0.25, -0.2) is 0 Å². The van der Waals surface area contributed by atoms with Crippen molar-refractivity contribution in [3.8, 4) is 0 Å². The molecule has 0 aromatic carbocycles. The van der Waals surface area contributed by atoms with Gasteiger partial charge in [-0.3, -0.25) is 0 Å². The minimum Gasteiger partial charge on any atom is -0.426 e. The molecule has 0 aliphatic carbocycles. The molecule has 0 bridgehead atoms. The summed E-state index contributed by atoms with van der Waals surface area (Å²) in [6.45, 7) is 0. The van der Waals surface area contributed by atoms with Crippen LogP contribution in [0.2, 0.25) is 0 Å². The standard InChI is InChI=1S/CH6BNO2/c3-1-2(4)5/h4-5H,1,3H2. The van der Waals surface area contributed by atoms with E-state index in [-0.39, 0.29) is 6.44 Å². The highest BCUT2D eigenvalue weighted by molar-refractivity contribution is 6.41. The van der Waals surface area contributed by atoms with Crippen molar-refractivity contribution in [2.24, 2.45) is 5.73 Å². The van der Waals surface area contributed by atoms with Crippen LogP contribution in [0.1, 0.15) is 0 Å². The Kier molecular flexibility index (Phi) is 2.17. The van der Waals surface area contributed by atoms with E-state index in [0.29, 0.717) is 0 Å². The second-order valence-corrected chi connectivity index (χ2v) is 0.716. The molecule has 0 amide bonds. The number of nitrogens with two attached hydrogens (primary N) is 1. The molecule has 3 nitrogen and oxygen atoms in total. The Morgan fingerprint density at radius 1 is 1.60 bits per heavy atom. The molecule has 0 spiro atoms. The third-order valence-corrected chi connectivity index (χ3v) is 0.211. The Bertz CT molecular complexity index is 23.6. The largest absolute Gasteiger partial charge is 0.465 e. The Morgan fingerprint density at radius 2 is 1.80 bits per heavy atom. The minimum atomic E-state index is -1.34. The molecular weight excluding hydrogens is 68.8 g/mol. The lowest BCUT2D eigenvalue weighted by atomic mass is 9.94. The van der Waals surface area contributed by atoms with Gasteiger partial charge in [0.05, 0.1) is 0 Å². The fraction of sp³-hybridized carbons (Fsp3) is 1.00. The van der Waals surface area contributed by atoms with Crippen LogP contribution in [-0.2, 0) is 0 Å². The molecule has 4 heteroatoms. The molecule has 0 atom stereocenters. The summed E-state index contributed by atoms with van der Waals surface area (Å²) in [7, 11) is -1.34. The molecule has 0 radical (unpaired) electrons. The fourth-order valence-electron chi connectivity index (χ4n) is 0. The lowest BCUT2D eigenvalue weighted by molar-refractivity contribution is 0.408. The molecule has 5 heavy (non-hydrogen) atoms. The summed E-state index contributed by atoms with van der Waals surface area (Å²) < 4.78 is 0. The van der Waals surface area contributed by atoms with Gasteiger partial charge in [0.15, 0.2) is 0 Å². The molecule has 4 N–H and O–H groups in total. The average Bonchev–Trinajstić information content (AvgIpc) is 1.38. The van der Waals surface area contributed by atoms with Gasteiger partial charge in [-0.2, -0.15) is 0 Å². The van der Waals surface area contributed by atoms with E-state index in [4.69, 9.17) is 10.0 Å².